The largest absolute Gasteiger partial charge is 0.416 e. The fourth-order valence-electron chi connectivity index (χ4n) is 1.16. The molecule has 0 unspecified atom stereocenters. The zero-order chi connectivity index (χ0) is 12.3. The molecule has 1 aromatic carbocycles. The minimum absolute atomic E-state index is 0.0514. The van der Waals surface area contributed by atoms with Crippen molar-refractivity contribution in [3.05, 3.63) is 29.3 Å². The van der Waals surface area contributed by atoms with Crippen LogP contribution >= 0.6 is 0 Å². The second-order valence-corrected chi connectivity index (χ2v) is 3.09. The Morgan fingerprint density at radius 2 is 2.00 bits per heavy atom. The molecule has 16 heavy (non-hydrogen) atoms. The van der Waals surface area contributed by atoms with Crippen LogP contribution in [-0.2, 0) is 6.18 Å². The average Bonchev–Trinajstić information content (AvgIpc) is 2.19. The molecule has 7 heteroatoms. The molecule has 0 aliphatic rings. The van der Waals surface area contributed by atoms with Crippen LogP contribution in [0.4, 0.5) is 23.7 Å². The molecule has 0 saturated carbocycles. The van der Waals surface area contributed by atoms with Gasteiger partial charge in [0.05, 0.1) is 5.56 Å². The summed E-state index contributed by atoms with van der Waals surface area (Å²) >= 11 is 0. The molecule has 0 bridgehead atoms. The first-order chi connectivity index (χ1) is 7.34. The topological polar surface area (TPSA) is 61.4 Å². The average molecular weight is 234 g/mol. The Bertz CT molecular complexity index is 404. The van der Waals surface area contributed by atoms with Gasteiger partial charge in [0.25, 0.3) is 0 Å². The minimum Gasteiger partial charge on any atom is -0.306 e. The van der Waals surface area contributed by atoms with E-state index >= 15 is 0 Å². The van der Waals surface area contributed by atoms with Crippen molar-refractivity contribution >= 4 is 11.7 Å². The lowest BCUT2D eigenvalue weighted by Gasteiger charge is -2.12. The quantitative estimate of drug-likeness (QED) is 0.516. The van der Waals surface area contributed by atoms with Gasteiger partial charge in [0, 0.05) is 5.69 Å². The molecule has 0 saturated heterocycles. The van der Waals surface area contributed by atoms with Crippen molar-refractivity contribution in [2.24, 2.45) is 0 Å². The number of urea groups is 1. The number of carbonyl (C=O) groups is 1. The van der Waals surface area contributed by atoms with E-state index in [1.165, 1.54) is 24.5 Å². The van der Waals surface area contributed by atoms with Crippen molar-refractivity contribution in [1.82, 2.24) is 5.48 Å². The monoisotopic (exact) mass is 234 g/mol. The van der Waals surface area contributed by atoms with Crippen molar-refractivity contribution in [2.75, 3.05) is 5.32 Å². The first-order valence-corrected chi connectivity index (χ1v) is 4.23. The Balaban J connectivity index is 3.03. The molecular formula is C9H9F3N2O2. The van der Waals surface area contributed by atoms with E-state index < -0.39 is 17.8 Å². The van der Waals surface area contributed by atoms with Gasteiger partial charge in [-0.1, -0.05) is 6.07 Å². The van der Waals surface area contributed by atoms with E-state index in [9.17, 15) is 18.0 Å². The maximum atomic E-state index is 12.5. The Morgan fingerprint density at radius 1 is 1.38 bits per heavy atom. The predicted molar refractivity (Wildman–Crippen MR) is 50.1 cm³/mol. The van der Waals surface area contributed by atoms with Crippen LogP contribution in [0.3, 0.4) is 0 Å². The van der Waals surface area contributed by atoms with E-state index in [0.29, 0.717) is 0 Å². The second kappa shape index (κ2) is 4.40. The summed E-state index contributed by atoms with van der Waals surface area (Å²) < 4.78 is 37.4. The molecule has 3 N–H and O–H groups in total. The van der Waals surface area contributed by atoms with Crippen LogP contribution in [0, 0.1) is 6.92 Å². The maximum Gasteiger partial charge on any atom is 0.416 e. The fraction of sp³-hybridized carbons (Fsp3) is 0.222. The molecule has 0 heterocycles. The van der Waals surface area contributed by atoms with Gasteiger partial charge in [-0.05, 0) is 24.6 Å². The highest BCUT2D eigenvalue weighted by molar-refractivity contribution is 5.88. The van der Waals surface area contributed by atoms with Gasteiger partial charge in [0.1, 0.15) is 0 Å². The Hall–Kier alpha value is -1.76. The summed E-state index contributed by atoms with van der Waals surface area (Å²) in [6.07, 6.45) is -4.47. The number of benzene rings is 1. The third-order valence-electron chi connectivity index (χ3n) is 1.90. The van der Waals surface area contributed by atoms with Gasteiger partial charge in [0.2, 0.25) is 0 Å². The molecule has 0 fully saturated rings. The molecule has 2 amide bonds. The second-order valence-electron chi connectivity index (χ2n) is 3.09. The summed E-state index contributed by atoms with van der Waals surface area (Å²) in [6.45, 7) is 1.32. The third kappa shape index (κ3) is 2.86. The lowest BCUT2D eigenvalue weighted by Crippen LogP contribution is -2.25. The van der Waals surface area contributed by atoms with Gasteiger partial charge in [-0.2, -0.15) is 13.2 Å². The van der Waals surface area contributed by atoms with E-state index in [1.807, 2.05) is 5.32 Å². The summed E-state index contributed by atoms with van der Waals surface area (Å²) in [6, 6.07) is 2.33. The highest BCUT2D eigenvalue weighted by atomic mass is 19.4. The molecule has 0 aliphatic heterocycles. The van der Waals surface area contributed by atoms with Crippen LogP contribution in [-0.4, -0.2) is 11.2 Å². The number of carbonyl (C=O) groups excluding carboxylic acids is 1. The molecule has 0 aliphatic carbocycles. The zero-order valence-corrected chi connectivity index (χ0v) is 8.22. The summed E-state index contributed by atoms with van der Waals surface area (Å²) in [5.74, 6) is 0. The SMILES string of the molecule is Cc1ccc(NC(=O)NO)cc1C(F)(F)F. The van der Waals surface area contributed by atoms with Crippen molar-refractivity contribution < 1.29 is 23.2 Å². The minimum atomic E-state index is -4.47. The summed E-state index contributed by atoms with van der Waals surface area (Å²) in [7, 11) is 0. The number of hydrogen-bond donors (Lipinski definition) is 3. The van der Waals surface area contributed by atoms with E-state index in [0.717, 1.165) is 6.07 Å². The Labute approximate surface area is 89.0 Å². The third-order valence-corrected chi connectivity index (χ3v) is 1.90. The first kappa shape index (κ1) is 12.3. The standard InChI is InChI=1S/C9H9F3N2O2/c1-5-2-3-6(13-8(15)14-16)4-7(5)9(10,11)12/h2-4,16H,1H3,(H2,13,14,15). The van der Waals surface area contributed by atoms with Gasteiger partial charge >= 0.3 is 12.2 Å². The molecule has 88 valence electrons. The lowest BCUT2D eigenvalue weighted by atomic mass is 10.1. The van der Waals surface area contributed by atoms with Crippen molar-refractivity contribution in [1.29, 1.82) is 0 Å². The summed E-state index contributed by atoms with van der Waals surface area (Å²) in [5.41, 5.74) is 0.431. The van der Waals surface area contributed by atoms with E-state index in [2.05, 4.69) is 0 Å². The number of hydroxylamine groups is 1. The van der Waals surface area contributed by atoms with Crippen molar-refractivity contribution in [3.63, 3.8) is 0 Å². The van der Waals surface area contributed by atoms with Crippen LogP contribution in [0.1, 0.15) is 11.1 Å². The predicted octanol–water partition coefficient (Wildman–Crippen LogP) is 2.52. The fourth-order valence-corrected chi connectivity index (χ4v) is 1.16. The molecule has 1 rings (SSSR count). The summed E-state index contributed by atoms with van der Waals surface area (Å²) in [4.78, 5) is 10.7. The molecular weight excluding hydrogens is 225 g/mol. The highest BCUT2D eigenvalue weighted by Gasteiger charge is 2.32. The molecule has 0 aromatic heterocycles. The van der Waals surface area contributed by atoms with Gasteiger partial charge in [-0.25, -0.2) is 10.3 Å². The first-order valence-electron chi connectivity index (χ1n) is 4.23. The Morgan fingerprint density at radius 3 is 2.50 bits per heavy atom. The number of halogens is 3. The molecule has 1 aromatic rings. The zero-order valence-electron chi connectivity index (χ0n) is 8.22. The lowest BCUT2D eigenvalue weighted by molar-refractivity contribution is -0.138. The number of alkyl halides is 3. The van der Waals surface area contributed by atoms with Crippen LogP contribution in [0.15, 0.2) is 18.2 Å². The number of hydrogen-bond acceptors (Lipinski definition) is 2. The maximum absolute atomic E-state index is 12.5. The molecule has 4 nitrogen and oxygen atoms in total. The van der Waals surface area contributed by atoms with Gasteiger partial charge < -0.3 is 5.32 Å². The number of anilines is 1. The van der Waals surface area contributed by atoms with Gasteiger partial charge in [-0.15, -0.1) is 0 Å². The number of nitrogens with one attached hydrogen (secondary N) is 2. The van der Waals surface area contributed by atoms with Crippen LogP contribution in [0.2, 0.25) is 0 Å². The van der Waals surface area contributed by atoms with Crippen molar-refractivity contribution in [3.8, 4) is 0 Å². The van der Waals surface area contributed by atoms with Gasteiger partial charge in [-0.3, -0.25) is 5.21 Å². The van der Waals surface area contributed by atoms with Crippen LogP contribution in [0.25, 0.3) is 0 Å². The normalized spacial score (nSPS) is 11.1. The van der Waals surface area contributed by atoms with E-state index in [1.54, 1.807) is 0 Å². The van der Waals surface area contributed by atoms with E-state index in [-0.39, 0.29) is 11.3 Å². The number of rotatable bonds is 1. The summed E-state index contributed by atoms with van der Waals surface area (Å²) in [5, 5.41) is 10.2. The van der Waals surface area contributed by atoms with E-state index in [4.69, 9.17) is 5.21 Å². The number of aryl methyl sites for hydroxylation is 1. The number of amides is 2. The Kier molecular flexibility index (Phi) is 3.38. The van der Waals surface area contributed by atoms with Crippen molar-refractivity contribution in [2.45, 2.75) is 13.1 Å². The highest BCUT2D eigenvalue weighted by Crippen LogP contribution is 2.33. The molecule has 0 spiro atoms. The van der Waals surface area contributed by atoms with Crippen LogP contribution in [0.5, 0.6) is 0 Å². The smallest absolute Gasteiger partial charge is 0.306 e. The molecule has 0 atom stereocenters. The van der Waals surface area contributed by atoms with Crippen LogP contribution < -0.4 is 10.8 Å². The van der Waals surface area contributed by atoms with Gasteiger partial charge in [0.15, 0.2) is 0 Å². The molecule has 0 radical (unpaired) electrons.